The van der Waals surface area contributed by atoms with E-state index in [1.54, 1.807) is 7.05 Å². The number of benzene rings is 2. The molecule has 0 saturated carbocycles. The van der Waals surface area contributed by atoms with Crippen LogP contribution in [0.25, 0.3) is 0 Å². The first-order valence-corrected chi connectivity index (χ1v) is 13.3. The highest BCUT2D eigenvalue weighted by atomic mass is 16.5. The van der Waals surface area contributed by atoms with Crippen LogP contribution >= 0.6 is 0 Å². The molecule has 0 fully saturated rings. The first-order chi connectivity index (χ1) is 18.6. The number of carboxylic acids is 1. The van der Waals surface area contributed by atoms with Crippen molar-refractivity contribution < 1.29 is 19.4 Å². The van der Waals surface area contributed by atoms with Crippen molar-refractivity contribution in [1.29, 1.82) is 0 Å². The third-order valence-corrected chi connectivity index (χ3v) is 6.94. The number of rotatable bonds is 12. The molecule has 9 heteroatoms. The molecule has 1 aliphatic rings. The first-order valence-electron chi connectivity index (χ1n) is 13.3. The van der Waals surface area contributed by atoms with Gasteiger partial charge in [0.25, 0.3) is 5.56 Å². The summed E-state index contributed by atoms with van der Waals surface area (Å²) in [7, 11) is 1.60. The Morgan fingerprint density at radius 3 is 2.67 bits per heavy atom. The highest BCUT2D eigenvalue weighted by molar-refractivity contribution is 5.68. The number of carbonyl (C=O) groups is 1. The molecule has 0 amide bonds. The number of aromatic nitrogens is 2. The highest BCUT2D eigenvalue weighted by Gasteiger charge is 2.26. The van der Waals surface area contributed by atoms with Gasteiger partial charge in [-0.3, -0.25) is 19.1 Å². The zero-order valence-electron chi connectivity index (χ0n) is 23.1. The zero-order valence-corrected chi connectivity index (χ0v) is 23.1. The standard InChI is InChI=1S/C30H37N3O6/c1-20(2)18-32(25(17-29(35)36)23-6-8-27-24(16-23)10-13-38-27)19-22-5-7-26(21(3)15-22)39-14-12-33-28(34)9-11-31(4)30(33)37/h5-9,11,15-16,20,25H,10,12-14,17-19H2,1-4H3,(H,35,36). The van der Waals surface area contributed by atoms with Crippen molar-refractivity contribution in [3.05, 3.63) is 91.8 Å². The van der Waals surface area contributed by atoms with Gasteiger partial charge in [-0.05, 0) is 47.2 Å². The van der Waals surface area contributed by atoms with Crippen LogP contribution < -0.4 is 20.7 Å². The Hall–Kier alpha value is -3.85. The van der Waals surface area contributed by atoms with E-state index < -0.39 is 5.97 Å². The van der Waals surface area contributed by atoms with Gasteiger partial charge in [0.2, 0.25) is 0 Å². The molecule has 3 aromatic rings. The van der Waals surface area contributed by atoms with Crippen LogP contribution in [0, 0.1) is 12.8 Å². The van der Waals surface area contributed by atoms with Gasteiger partial charge in [0.15, 0.2) is 0 Å². The number of hydrogen-bond donors (Lipinski definition) is 1. The predicted octanol–water partition coefficient (Wildman–Crippen LogP) is 3.54. The van der Waals surface area contributed by atoms with E-state index in [-0.39, 0.29) is 36.9 Å². The van der Waals surface area contributed by atoms with Crippen LogP contribution in [-0.2, 0) is 31.4 Å². The van der Waals surface area contributed by atoms with E-state index in [1.807, 2.05) is 37.3 Å². The minimum Gasteiger partial charge on any atom is -0.493 e. The molecule has 1 atom stereocenters. The van der Waals surface area contributed by atoms with Gasteiger partial charge in [-0.15, -0.1) is 0 Å². The summed E-state index contributed by atoms with van der Waals surface area (Å²) in [4.78, 5) is 38.4. The van der Waals surface area contributed by atoms with Gasteiger partial charge in [-0.2, -0.15) is 0 Å². The number of carboxylic acid groups (broad SMARTS) is 1. The summed E-state index contributed by atoms with van der Waals surface area (Å²) >= 11 is 0. The SMILES string of the molecule is Cc1cc(CN(CC(C)C)C(CC(=O)O)c2ccc3c(c2)CCO3)ccc1OCCn1c(=O)ccn(C)c1=O. The molecular formula is C30H37N3O6. The lowest BCUT2D eigenvalue weighted by Crippen LogP contribution is -2.39. The molecule has 1 unspecified atom stereocenters. The maximum Gasteiger partial charge on any atom is 0.330 e. The second-order valence-electron chi connectivity index (χ2n) is 10.5. The topological polar surface area (TPSA) is 103 Å². The highest BCUT2D eigenvalue weighted by Crippen LogP contribution is 2.33. The van der Waals surface area contributed by atoms with Gasteiger partial charge in [-0.25, -0.2) is 4.79 Å². The second-order valence-corrected chi connectivity index (χ2v) is 10.5. The molecule has 4 rings (SSSR count). The van der Waals surface area contributed by atoms with E-state index in [4.69, 9.17) is 9.47 Å². The summed E-state index contributed by atoms with van der Waals surface area (Å²) in [5.41, 5.74) is 3.35. The van der Waals surface area contributed by atoms with Gasteiger partial charge >= 0.3 is 11.7 Å². The first kappa shape index (κ1) is 28.2. The number of aryl methyl sites for hydroxylation is 2. The summed E-state index contributed by atoms with van der Waals surface area (Å²) in [6, 6.07) is 13.0. The largest absolute Gasteiger partial charge is 0.493 e. The van der Waals surface area contributed by atoms with Crippen molar-refractivity contribution in [2.75, 3.05) is 19.8 Å². The summed E-state index contributed by atoms with van der Waals surface area (Å²) in [6.07, 6.45) is 2.29. The Labute approximate surface area is 228 Å². The summed E-state index contributed by atoms with van der Waals surface area (Å²) < 4.78 is 14.1. The van der Waals surface area contributed by atoms with Crippen molar-refractivity contribution in [1.82, 2.24) is 14.0 Å². The molecule has 1 aromatic heterocycles. The van der Waals surface area contributed by atoms with Crippen LogP contribution in [0.3, 0.4) is 0 Å². The lowest BCUT2D eigenvalue weighted by molar-refractivity contribution is -0.138. The van der Waals surface area contributed by atoms with Gasteiger partial charge in [-0.1, -0.05) is 38.1 Å². The number of hydrogen-bond acceptors (Lipinski definition) is 6. The fourth-order valence-electron chi connectivity index (χ4n) is 5.08. The Kier molecular flexibility index (Phi) is 8.91. The third kappa shape index (κ3) is 6.97. The van der Waals surface area contributed by atoms with Gasteiger partial charge < -0.3 is 19.1 Å². The van der Waals surface area contributed by atoms with Crippen molar-refractivity contribution in [3.8, 4) is 11.5 Å². The van der Waals surface area contributed by atoms with Crippen LogP contribution in [0.15, 0.2) is 58.3 Å². The van der Waals surface area contributed by atoms with E-state index >= 15 is 0 Å². The van der Waals surface area contributed by atoms with Crippen LogP contribution in [0.4, 0.5) is 0 Å². The Morgan fingerprint density at radius 2 is 1.95 bits per heavy atom. The molecular weight excluding hydrogens is 498 g/mol. The monoisotopic (exact) mass is 535 g/mol. The molecule has 0 spiro atoms. The molecule has 1 N–H and O–H groups in total. The van der Waals surface area contributed by atoms with Crippen LogP contribution in [0.1, 0.15) is 48.6 Å². The summed E-state index contributed by atoms with van der Waals surface area (Å²) in [5.74, 6) is 1.07. The quantitative estimate of drug-likeness (QED) is 0.378. The zero-order chi connectivity index (χ0) is 28.1. The number of fused-ring (bicyclic) bond motifs is 1. The van der Waals surface area contributed by atoms with Crippen molar-refractivity contribution in [2.45, 2.75) is 52.7 Å². The van der Waals surface area contributed by atoms with E-state index in [2.05, 4.69) is 24.8 Å². The van der Waals surface area contributed by atoms with E-state index in [9.17, 15) is 19.5 Å². The molecule has 0 aliphatic carbocycles. The molecule has 0 bridgehead atoms. The molecule has 2 heterocycles. The van der Waals surface area contributed by atoms with E-state index in [1.165, 1.54) is 16.8 Å². The average Bonchev–Trinajstić information content (AvgIpc) is 3.35. The third-order valence-electron chi connectivity index (χ3n) is 6.94. The van der Waals surface area contributed by atoms with Crippen LogP contribution in [-0.4, -0.2) is 44.9 Å². The van der Waals surface area contributed by atoms with E-state index in [0.717, 1.165) is 45.5 Å². The van der Waals surface area contributed by atoms with Gasteiger partial charge in [0.05, 0.1) is 19.6 Å². The fraction of sp³-hybridized carbons (Fsp3) is 0.433. The number of nitrogens with zero attached hydrogens (tertiary/aromatic N) is 3. The maximum absolute atomic E-state index is 12.2. The Balaban J connectivity index is 1.51. The molecule has 1 aliphatic heterocycles. The number of ether oxygens (including phenoxy) is 2. The molecule has 208 valence electrons. The van der Waals surface area contributed by atoms with E-state index in [0.29, 0.717) is 24.8 Å². The summed E-state index contributed by atoms with van der Waals surface area (Å²) in [5, 5.41) is 9.77. The van der Waals surface area contributed by atoms with Crippen molar-refractivity contribution in [3.63, 3.8) is 0 Å². The summed E-state index contributed by atoms with van der Waals surface area (Å²) in [6.45, 7) is 8.53. The molecule has 2 aromatic carbocycles. The minimum absolute atomic E-state index is 0.00482. The van der Waals surface area contributed by atoms with Crippen molar-refractivity contribution in [2.24, 2.45) is 13.0 Å². The molecule has 39 heavy (non-hydrogen) atoms. The normalized spacial score (nSPS) is 13.4. The van der Waals surface area contributed by atoms with Crippen LogP contribution in [0.2, 0.25) is 0 Å². The smallest absolute Gasteiger partial charge is 0.330 e. The second kappa shape index (κ2) is 12.3. The maximum atomic E-state index is 12.2. The Bertz CT molecular complexity index is 1440. The number of aliphatic carboxylic acids is 1. The average molecular weight is 536 g/mol. The van der Waals surface area contributed by atoms with Gasteiger partial charge in [0, 0.05) is 44.9 Å². The van der Waals surface area contributed by atoms with Crippen LogP contribution in [0.5, 0.6) is 11.5 Å². The Morgan fingerprint density at radius 1 is 1.15 bits per heavy atom. The molecule has 0 radical (unpaired) electrons. The van der Waals surface area contributed by atoms with Gasteiger partial charge in [0.1, 0.15) is 18.1 Å². The molecule has 0 saturated heterocycles. The fourth-order valence-corrected chi connectivity index (χ4v) is 5.08. The minimum atomic E-state index is -0.835. The molecule has 9 nitrogen and oxygen atoms in total. The lowest BCUT2D eigenvalue weighted by atomic mass is 9.97. The predicted molar refractivity (Wildman–Crippen MR) is 148 cm³/mol. The van der Waals surface area contributed by atoms with Crippen molar-refractivity contribution >= 4 is 5.97 Å². The lowest BCUT2D eigenvalue weighted by Gasteiger charge is -2.33.